The Bertz CT molecular complexity index is 1260. The van der Waals surface area contributed by atoms with Crippen LogP contribution in [0.4, 0.5) is 4.79 Å². The second kappa shape index (κ2) is 11.9. The number of hydrogen-bond donors (Lipinski definition) is 0. The number of pyridine rings is 1. The van der Waals surface area contributed by atoms with Crippen molar-refractivity contribution in [3.05, 3.63) is 63.5 Å². The van der Waals surface area contributed by atoms with E-state index >= 15 is 0 Å². The summed E-state index contributed by atoms with van der Waals surface area (Å²) in [5.74, 6) is 0.158. The maximum Gasteiger partial charge on any atom is 0.409 e. The number of carbonyl (C=O) groups is 2. The molecule has 7 nitrogen and oxygen atoms in total. The van der Waals surface area contributed by atoms with Gasteiger partial charge in [0.1, 0.15) is 0 Å². The van der Waals surface area contributed by atoms with E-state index in [9.17, 15) is 9.59 Å². The minimum atomic E-state index is -0.313. The summed E-state index contributed by atoms with van der Waals surface area (Å²) < 4.78 is 5.22. The molecule has 196 valence electrons. The number of ether oxygens (including phenoxy) is 1. The third-order valence-electron chi connectivity index (χ3n) is 7.22. The van der Waals surface area contributed by atoms with Crippen molar-refractivity contribution in [2.45, 2.75) is 46.5 Å². The highest BCUT2D eigenvalue weighted by Crippen LogP contribution is 2.37. The first kappa shape index (κ1) is 26.9. The fourth-order valence-electron chi connectivity index (χ4n) is 4.94. The molecule has 2 aromatic rings. The Morgan fingerprint density at radius 2 is 1.97 bits per heavy atom. The van der Waals surface area contributed by atoms with Crippen molar-refractivity contribution in [3.8, 4) is 0 Å². The quantitative estimate of drug-likeness (QED) is 0.352. The molecular formula is C29H35ClN4O3. The molecule has 1 aliphatic heterocycles. The molecule has 1 fully saturated rings. The van der Waals surface area contributed by atoms with E-state index in [-0.39, 0.29) is 17.9 Å². The smallest absolute Gasteiger partial charge is 0.409 e. The second-order valence-electron chi connectivity index (χ2n) is 9.68. The Morgan fingerprint density at radius 1 is 1.24 bits per heavy atom. The Kier molecular flexibility index (Phi) is 8.64. The minimum Gasteiger partial charge on any atom is -0.449 e. The van der Waals surface area contributed by atoms with Crippen LogP contribution < -0.4 is 0 Å². The molecule has 0 radical (unpaired) electrons. The molecule has 0 N–H and O–H groups in total. The van der Waals surface area contributed by atoms with Crippen molar-refractivity contribution < 1.29 is 14.3 Å². The number of piperazine rings is 1. The van der Waals surface area contributed by atoms with Crippen molar-refractivity contribution in [1.82, 2.24) is 14.8 Å². The highest BCUT2D eigenvalue weighted by molar-refractivity contribution is 6.36. The first-order valence-corrected chi connectivity index (χ1v) is 13.4. The summed E-state index contributed by atoms with van der Waals surface area (Å²) in [5.41, 5.74) is 5.47. The third kappa shape index (κ3) is 5.87. The van der Waals surface area contributed by atoms with E-state index < -0.39 is 0 Å². The summed E-state index contributed by atoms with van der Waals surface area (Å²) in [5, 5.41) is 1.58. The summed E-state index contributed by atoms with van der Waals surface area (Å²) in [6, 6.07) is 5.55. The molecule has 0 saturated carbocycles. The summed E-state index contributed by atoms with van der Waals surface area (Å²) >= 11 is 6.85. The van der Waals surface area contributed by atoms with Gasteiger partial charge >= 0.3 is 6.09 Å². The Balaban J connectivity index is 1.53. The Morgan fingerprint density at radius 3 is 2.65 bits per heavy atom. The molecule has 1 aliphatic carbocycles. The van der Waals surface area contributed by atoms with Gasteiger partial charge in [0.2, 0.25) is 0 Å². The number of aliphatic imine (C=N–C) groups is 1. The van der Waals surface area contributed by atoms with Crippen LogP contribution in [0.1, 0.15) is 55.2 Å². The molecule has 1 atom stereocenters. The standard InChI is InChI=1S/C29H35ClN4O3/c1-5-15-37-29(36)34-13-11-33(12-14-34)28(35)21-8-10-23-26(18-21)32-25-17-20(7-9-22(25)27(23)30)24(31-4)16-19(3)6-2/h6,8,10,16,18,20H,4-5,7,9,11-15,17H2,1-3H3/b19-6-,24-16-. The van der Waals surface area contributed by atoms with Crippen LogP contribution in [0.2, 0.25) is 5.02 Å². The second-order valence-corrected chi connectivity index (χ2v) is 10.1. The normalized spacial score (nSPS) is 18.5. The molecule has 0 spiro atoms. The molecule has 37 heavy (non-hydrogen) atoms. The van der Waals surface area contributed by atoms with Gasteiger partial charge < -0.3 is 14.5 Å². The van der Waals surface area contributed by atoms with Crippen LogP contribution in [-0.4, -0.2) is 66.3 Å². The molecule has 4 rings (SSSR count). The monoisotopic (exact) mass is 522 g/mol. The molecular weight excluding hydrogens is 488 g/mol. The zero-order valence-corrected chi connectivity index (χ0v) is 22.7. The summed E-state index contributed by atoms with van der Waals surface area (Å²) in [6.07, 6.45) is 7.12. The predicted octanol–water partition coefficient (Wildman–Crippen LogP) is 5.85. The molecule has 1 saturated heterocycles. The Hall–Kier alpha value is -3.19. The van der Waals surface area contributed by atoms with E-state index in [1.54, 1.807) is 9.80 Å². The van der Waals surface area contributed by atoms with Crippen molar-refractivity contribution >= 4 is 41.2 Å². The molecule has 1 aromatic heterocycles. The highest BCUT2D eigenvalue weighted by Gasteiger charge is 2.28. The third-order valence-corrected chi connectivity index (χ3v) is 7.65. The number of fused-ring (bicyclic) bond motifs is 2. The average Bonchev–Trinajstić information content (AvgIpc) is 2.93. The van der Waals surface area contributed by atoms with Gasteiger partial charge in [-0.3, -0.25) is 14.8 Å². The van der Waals surface area contributed by atoms with Gasteiger partial charge in [-0.2, -0.15) is 0 Å². The largest absolute Gasteiger partial charge is 0.449 e. The zero-order chi connectivity index (χ0) is 26.5. The number of nitrogens with zero attached hydrogens (tertiary/aromatic N) is 4. The molecule has 8 heteroatoms. The number of amides is 2. The van der Waals surface area contributed by atoms with Crippen molar-refractivity contribution in [1.29, 1.82) is 0 Å². The molecule has 0 bridgehead atoms. The van der Waals surface area contributed by atoms with Gasteiger partial charge in [-0.05, 0) is 70.0 Å². The number of hydrogen-bond acceptors (Lipinski definition) is 5. The first-order chi connectivity index (χ1) is 17.9. The van der Waals surface area contributed by atoms with Gasteiger partial charge in [-0.15, -0.1) is 0 Å². The first-order valence-electron chi connectivity index (χ1n) is 13.0. The van der Waals surface area contributed by atoms with Crippen LogP contribution in [-0.2, 0) is 17.6 Å². The van der Waals surface area contributed by atoms with Gasteiger partial charge in [0.15, 0.2) is 0 Å². The van der Waals surface area contributed by atoms with E-state index in [4.69, 9.17) is 21.3 Å². The van der Waals surface area contributed by atoms with E-state index in [1.807, 2.05) is 32.0 Å². The fourth-order valence-corrected chi connectivity index (χ4v) is 5.30. The van der Waals surface area contributed by atoms with Crippen molar-refractivity contribution in [3.63, 3.8) is 0 Å². The lowest BCUT2D eigenvalue weighted by atomic mass is 9.83. The lowest BCUT2D eigenvalue weighted by Gasteiger charge is -2.34. The van der Waals surface area contributed by atoms with Gasteiger partial charge in [-0.1, -0.05) is 36.2 Å². The molecule has 1 unspecified atom stereocenters. The molecule has 2 heterocycles. The summed E-state index contributed by atoms with van der Waals surface area (Å²) in [4.78, 5) is 38.1. The zero-order valence-electron chi connectivity index (χ0n) is 21.9. The van der Waals surface area contributed by atoms with Gasteiger partial charge in [0, 0.05) is 54.4 Å². The van der Waals surface area contributed by atoms with Crippen LogP contribution in [0.3, 0.4) is 0 Å². The highest BCUT2D eigenvalue weighted by atomic mass is 35.5. The van der Waals surface area contributed by atoms with Crippen molar-refractivity contribution in [2.75, 3.05) is 32.8 Å². The lowest BCUT2D eigenvalue weighted by Crippen LogP contribution is -2.50. The summed E-state index contributed by atoms with van der Waals surface area (Å²) in [6.45, 7) is 12.1. The summed E-state index contributed by atoms with van der Waals surface area (Å²) in [7, 11) is 0. The number of allylic oxidation sites excluding steroid dienone is 4. The Labute approximate surface area is 223 Å². The number of aromatic nitrogens is 1. The maximum atomic E-state index is 13.3. The van der Waals surface area contributed by atoms with Crippen LogP contribution >= 0.6 is 11.6 Å². The fraction of sp³-hybridized carbons (Fsp3) is 0.448. The van der Waals surface area contributed by atoms with Crippen molar-refractivity contribution in [2.24, 2.45) is 10.9 Å². The number of rotatable bonds is 6. The van der Waals surface area contributed by atoms with Crippen LogP contribution in [0.5, 0.6) is 0 Å². The van der Waals surface area contributed by atoms with Gasteiger partial charge in [0.05, 0.1) is 17.1 Å². The number of halogens is 1. The van der Waals surface area contributed by atoms with Crippen LogP contribution in [0, 0.1) is 5.92 Å². The van der Waals surface area contributed by atoms with E-state index in [1.165, 1.54) is 0 Å². The molecule has 2 aliphatic rings. The minimum absolute atomic E-state index is 0.0695. The number of carbonyl (C=O) groups excluding carboxylic acids is 2. The number of benzene rings is 1. The van der Waals surface area contributed by atoms with Crippen LogP contribution in [0.25, 0.3) is 10.9 Å². The van der Waals surface area contributed by atoms with Gasteiger partial charge in [-0.25, -0.2) is 4.79 Å². The van der Waals surface area contributed by atoms with E-state index in [0.29, 0.717) is 38.3 Å². The average molecular weight is 523 g/mol. The molecule has 2 amide bonds. The van der Waals surface area contributed by atoms with E-state index in [0.717, 1.165) is 64.1 Å². The van der Waals surface area contributed by atoms with Gasteiger partial charge in [0.25, 0.3) is 5.91 Å². The topological polar surface area (TPSA) is 75.1 Å². The maximum absolute atomic E-state index is 13.3. The molecule has 1 aromatic carbocycles. The van der Waals surface area contributed by atoms with E-state index in [2.05, 4.69) is 30.8 Å². The van der Waals surface area contributed by atoms with Crippen LogP contribution in [0.15, 0.2) is 46.6 Å². The predicted molar refractivity (Wildman–Crippen MR) is 148 cm³/mol. The lowest BCUT2D eigenvalue weighted by molar-refractivity contribution is 0.0560. The SMILES string of the molecule is C=N/C(=C\C(C)=C/C)C1CCc2c(nc3cc(C(=O)N4CCN(C(=O)OCCC)CC4)ccc3c2Cl)C1.